The lowest BCUT2D eigenvalue weighted by Gasteiger charge is -2.10. The van der Waals surface area contributed by atoms with Gasteiger partial charge in [0.2, 0.25) is 0 Å². The number of halogens is 3. The molecule has 94 valence electrons. The predicted octanol–water partition coefficient (Wildman–Crippen LogP) is 3.36. The first-order valence-electron chi connectivity index (χ1n) is 5.12. The molecule has 0 atom stereocenters. The van der Waals surface area contributed by atoms with Crippen molar-refractivity contribution >= 4 is 5.69 Å². The van der Waals surface area contributed by atoms with Crippen molar-refractivity contribution < 1.29 is 17.9 Å². The molecular formula is C13H10F3NO. The topological polar surface area (TPSA) is 35.2 Å². The van der Waals surface area contributed by atoms with Gasteiger partial charge in [0.25, 0.3) is 0 Å². The first kappa shape index (κ1) is 12.3. The van der Waals surface area contributed by atoms with Crippen molar-refractivity contribution in [1.82, 2.24) is 0 Å². The predicted molar refractivity (Wildman–Crippen MR) is 62.7 cm³/mol. The number of hydrogen-bond donors (Lipinski definition) is 1. The van der Waals surface area contributed by atoms with Gasteiger partial charge in [0.15, 0.2) is 17.5 Å². The number of ether oxygens (including phenoxy) is 1. The highest BCUT2D eigenvalue weighted by Crippen LogP contribution is 2.33. The van der Waals surface area contributed by atoms with Crippen LogP contribution in [0.15, 0.2) is 30.3 Å². The summed E-state index contributed by atoms with van der Waals surface area (Å²) in [5.41, 5.74) is 5.39. The fraction of sp³-hybridized carbons (Fsp3) is 0.0769. The van der Waals surface area contributed by atoms with E-state index >= 15 is 0 Å². The van der Waals surface area contributed by atoms with Crippen molar-refractivity contribution in [2.24, 2.45) is 0 Å². The molecule has 0 aliphatic heterocycles. The van der Waals surface area contributed by atoms with Crippen LogP contribution in [0.3, 0.4) is 0 Å². The molecule has 0 spiro atoms. The van der Waals surface area contributed by atoms with Gasteiger partial charge in [-0.15, -0.1) is 0 Å². The van der Waals surface area contributed by atoms with E-state index in [-0.39, 0.29) is 22.6 Å². The summed E-state index contributed by atoms with van der Waals surface area (Å²) < 4.78 is 45.1. The van der Waals surface area contributed by atoms with Crippen LogP contribution in [0.1, 0.15) is 0 Å². The van der Waals surface area contributed by atoms with Crippen molar-refractivity contribution in [3.63, 3.8) is 0 Å². The summed E-state index contributed by atoms with van der Waals surface area (Å²) in [4.78, 5) is 0. The summed E-state index contributed by atoms with van der Waals surface area (Å²) in [5, 5.41) is 0. The van der Waals surface area contributed by atoms with Crippen molar-refractivity contribution in [1.29, 1.82) is 0 Å². The van der Waals surface area contributed by atoms with Crippen LogP contribution in [-0.2, 0) is 0 Å². The van der Waals surface area contributed by atoms with Crippen molar-refractivity contribution in [2.75, 3.05) is 12.8 Å². The van der Waals surface area contributed by atoms with E-state index in [9.17, 15) is 13.2 Å². The molecule has 0 amide bonds. The standard InChI is InChI=1S/C13H10F3NO/c1-18-11-6-7(5-10(15)13(11)17)8-3-2-4-9(14)12(8)16/h2-6H,17H2,1H3. The van der Waals surface area contributed by atoms with E-state index in [0.717, 1.165) is 12.1 Å². The number of nitrogen functional groups attached to an aromatic ring is 1. The smallest absolute Gasteiger partial charge is 0.166 e. The minimum absolute atomic E-state index is 0.0489. The highest BCUT2D eigenvalue weighted by atomic mass is 19.2. The molecule has 0 bridgehead atoms. The number of methoxy groups -OCH3 is 1. The lowest BCUT2D eigenvalue weighted by Crippen LogP contribution is -1.98. The molecule has 0 radical (unpaired) electrons. The van der Waals surface area contributed by atoms with Crippen LogP contribution in [0.25, 0.3) is 11.1 Å². The number of benzene rings is 2. The number of rotatable bonds is 2. The number of nitrogens with two attached hydrogens (primary N) is 1. The van der Waals surface area contributed by atoms with Crippen LogP contribution in [0.2, 0.25) is 0 Å². The Morgan fingerprint density at radius 3 is 2.44 bits per heavy atom. The third-order valence-electron chi connectivity index (χ3n) is 2.57. The van der Waals surface area contributed by atoms with Gasteiger partial charge in [0.1, 0.15) is 11.4 Å². The Morgan fingerprint density at radius 1 is 1.06 bits per heavy atom. The zero-order chi connectivity index (χ0) is 13.3. The fourth-order valence-corrected chi connectivity index (χ4v) is 1.64. The summed E-state index contributed by atoms with van der Waals surface area (Å²) in [5.74, 6) is -2.70. The highest BCUT2D eigenvalue weighted by Gasteiger charge is 2.14. The van der Waals surface area contributed by atoms with E-state index in [1.54, 1.807) is 0 Å². The second-order valence-electron chi connectivity index (χ2n) is 3.68. The second kappa shape index (κ2) is 4.60. The lowest BCUT2D eigenvalue weighted by atomic mass is 10.0. The van der Waals surface area contributed by atoms with E-state index in [0.29, 0.717) is 0 Å². The van der Waals surface area contributed by atoms with Crippen LogP contribution < -0.4 is 10.5 Å². The first-order chi connectivity index (χ1) is 8.54. The van der Waals surface area contributed by atoms with Gasteiger partial charge in [-0.2, -0.15) is 0 Å². The van der Waals surface area contributed by atoms with Gasteiger partial charge in [-0.1, -0.05) is 12.1 Å². The summed E-state index contributed by atoms with van der Waals surface area (Å²) >= 11 is 0. The molecule has 2 N–H and O–H groups in total. The quantitative estimate of drug-likeness (QED) is 0.833. The van der Waals surface area contributed by atoms with E-state index in [1.807, 2.05) is 0 Å². The monoisotopic (exact) mass is 253 g/mol. The Morgan fingerprint density at radius 2 is 1.78 bits per heavy atom. The van der Waals surface area contributed by atoms with E-state index in [2.05, 4.69) is 0 Å². The molecular weight excluding hydrogens is 243 g/mol. The van der Waals surface area contributed by atoms with Gasteiger partial charge >= 0.3 is 0 Å². The molecule has 2 rings (SSSR count). The maximum atomic E-state index is 13.6. The molecule has 0 saturated heterocycles. The highest BCUT2D eigenvalue weighted by molar-refractivity contribution is 5.70. The number of anilines is 1. The lowest BCUT2D eigenvalue weighted by molar-refractivity contribution is 0.414. The molecule has 2 aromatic rings. The molecule has 2 aromatic carbocycles. The molecule has 0 aliphatic carbocycles. The van der Waals surface area contributed by atoms with Crippen LogP contribution in [0, 0.1) is 17.5 Å². The van der Waals surface area contributed by atoms with Gasteiger partial charge in [-0.05, 0) is 23.8 Å². The average Bonchev–Trinajstić information content (AvgIpc) is 2.36. The van der Waals surface area contributed by atoms with E-state index in [4.69, 9.17) is 10.5 Å². The van der Waals surface area contributed by atoms with Gasteiger partial charge in [-0.25, -0.2) is 13.2 Å². The minimum Gasteiger partial charge on any atom is -0.494 e. The third-order valence-corrected chi connectivity index (χ3v) is 2.57. The number of hydrogen-bond acceptors (Lipinski definition) is 2. The van der Waals surface area contributed by atoms with E-state index < -0.39 is 17.5 Å². The molecule has 2 nitrogen and oxygen atoms in total. The Balaban J connectivity index is 2.64. The molecule has 0 unspecified atom stereocenters. The van der Waals surface area contributed by atoms with Crippen molar-refractivity contribution in [3.8, 4) is 16.9 Å². The second-order valence-corrected chi connectivity index (χ2v) is 3.68. The summed E-state index contributed by atoms with van der Waals surface area (Å²) in [6, 6.07) is 6.08. The molecule has 18 heavy (non-hydrogen) atoms. The normalized spacial score (nSPS) is 10.4. The Bertz CT molecular complexity index is 599. The van der Waals surface area contributed by atoms with Crippen LogP contribution in [-0.4, -0.2) is 7.11 Å². The molecule has 5 heteroatoms. The molecule has 0 heterocycles. The van der Waals surface area contributed by atoms with Gasteiger partial charge in [0, 0.05) is 5.56 Å². The molecule has 0 fully saturated rings. The fourth-order valence-electron chi connectivity index (χ4n) is 1.64. The Hall–Kier alpha value is -2.17. The van der Waals surface area contributed by atoms with Crippen LogP contribution >= 0.6 is 0 Å². The zero-order valence-corrected chi connectivity index (χ0v) is 9.51. The molecule has 0 aliphatic rings. The maximum absolute atomic E-state index is 13.6. The maximum Gasteiger partial charge on any atom is 0.166 e. The largest absolute Gasteiger partial charge is 0.494 e. The zero-order valence-electron chi connectivity index (χ0n) is 9.51. The Kier molecular flexibility index (Phi) is 3.14. The van der Waals surface area contributed by atoms with Gasteiger partial charge in [0.05, 0.1) is 7.11 Å². The van der Waals surface area contributed by atoms with Crippen LogP contribution in [0.5, 0.6) is 5.75 Å². The average molecular weight is 253 g/mol. The van der Waals surface area contributed by atoms with Gasteiger partial charge in [-0.3, -0.25) is 0 Å². The summed E-state index contributed by atoms with van der Waals surface area (Å²) in [7, 11) is 1.32. The van der Waals surface area contributed by atoms with E-state index in [1.165, 1.54) is 25.3 Å². The van der Waals surface area contributed by atoms with Crippen LogP contribution in [0.4, 0.5) is 18.9 Å². The van der Waals surface area contributed by atoms with Crippen molar-refractivity contribution in [2.45, 2.75) is 0 Å². The summed E-state index contributed by atoms with van der Waals surface area (Å²) in [6.07, 6.45) is 0. The SMILES string of the molecule is COc1cc(-c2cccc(F)c2F)cc(F)c1N. The minimum atomic E-state index is -1.04. The van der Waals surface area contributed by atoms with Gasteiger partial charge < -0.3 is 10.5 Å². The summed E-state index contributed by atoms with van der Waals surface area (Å²) in [6.45, 7) is 0. The van der Waals surface area contributed by atoms with Crippen molar-refractivity contribution in [3.05, 3.63) is 47.8 Å². The molecule has 0 saturated carbocycles. The Labute approximate surface area is 102 Å². The molecule has 0 aromatic heterocycles. The third kappa shape index (κ3) is 1.99. The first-order valence-corrected chi connectivity index (χ1v) is 5.12.